The van der Waals surface area contributed by atoms with E-state index >= 15 is 0 Å². The maximum Gasteiger partial charge on any atom is 0.342 e. The fraction of sp³-hybridized carbons (Fsp3) is 0.538. The van der Waals surface area contributed by atoms with Gasteiger partial charge in [-0.05, 0) is 26.7 Å². The van der Waals surface area contributed by atoms with E-state index in [1.165, 1.54) is 0 Å². The molecule has 1 amide bonds. The summed E-state index contributed by atoms with van der Waals surface area (Å²) in [6.45, 7) is 3.86. The van der Waals surface area contributed by atoms with Crippen LogP contribution in [0.15, 0.2) is 6.20 Å². The Morgan fingerprint density at radius 2 is 2.22 bits per heavy atom. The van der Waals surface area contributed by atoms with E-state index in [0.29, 0.717) is 23.6 Å². The van der Waals surface area contributed by atoms with Gasteiger partial charge in [0.25, 0.3) is 0 Å². The summed E-state index contributed by atoms with van der Waals surface area (Å²) in [6.07, 6.45) is 4.61. The fourth-order valence-corrected chi connectivity index (χ4v) is 2.00. The lowest BCUT2D eigenvalue weighted by molar-refractivity contribution is -0.122. The van der Waals surface area contributed by atoms with Gasteiger partial charge in [0.15, 0.2) is 0 Å². The molecule has 0 unspecified atom stereocenters. The number of H-pyrrole nitrogens is 1. The molecule has 0 spiro atoms. The number of amides is 1. The van der Waals surface area contributed by atoms with E-state index in [0.717, 1.165) is 19.3 Å². The van der Waals surface area contributed by atoms with Gasteiger partial charge in [-0.3, -0.25) is 4.79 Å². The van der Waals surface area contributed by atoms with Crippen molar-refractivity contribution < 1.29 is 14.3 Å². The van der Waals surface area contributed by atoms with E-state index in [1.54, 1.807) is 20.0 Å². The molecular weight excluding hydrogens is 232 g/mol. The van der Waals surface area contributed by atoms with Crippen molar-refractivity contribution in [3.05, 3.63) is 17.5 Å². The third kappa shape index (κ3) is 2.39. The number of carbonyl (C=O) groups excluding carboxylic acids is 2. The van der Waals surface area contributed by atoms with Crippen LogP contribution < -0.4 is 5.32 Å². The first-order chi connectivity index (χ1) is 8.63. The smallest absolute Gasteiger partial charge is 0.342 e. The summed E-state index contributed by atoms with van der Waals surface area (Å²) < 4.78 is 4.98. The molecule has 1 fully saturated rings. The van der Waals surface area contributed by atoms with E-state index in [2.05, 4.69) is 10.3 Å². The third-order valence-electron chi connectivity index (χ3n) is 3.29. The number of ether oxygens (including phenoxy) is 1. The Morgan fingerprint density at radius 1 is 1.50 bits per heavy atom. The number of carbonyl (C=O) groups is 2. The van der Waals surface area contributed by atoms with Crippen LogP contribution in [0.2, 0.25) is 0 Å². The van der Waals surface area contributed by atoms with Crippen LogP contribution in [0, 0.1) is 12.8 Å². The Morgan fingerprint density at radius 3 is 2.78 bits per heavy atom. The fourth-order valence-electron chi connectivity index (χ4n) is 2.00. The number of rotatable bonds is 4. The number of aromatic nitrogens is 1. The summed E-state index contributed by atoms with van der Waals surface area (Å²) in [4.78, 5) is 26.6. The number of nitrogens with one attached hydrogen (secondary N) is 2. The number of hydrogen-bond acceptors (Lipinski definition) is 3. The molecule has 1 aromatic heterocycles. The van der Waals surface area contributed by atoms with Crippen LogP contribution in [0.3, 0.4) is 0 Å². The van der Waals surface area contributed by atoms with Gasteiger partial charge >= 0.3 is 5.97 Å². The molecular formula is C13H18N2O3. The van der Waals surface area contributed by atoms with Gasteiger partial charge in [-0.1, -0.05) is 6.42 Å². The van der Waals surface area contributed by atoms with Gasteiger partial charge in [-0.15, -0.1) is 0 Å². The average molecular weight is 250 g/mol. The highest BCUT2D eigenvalue weighted by atomic mass is 16.5. The highest BCUT2D eigenvalue weighted by Gasteiger charge is 2.27. The predicted molar refractivity (Wildman–Crippen MR) is 67.5 cm³/mol. The molecule has 0 bridgehead atoms. The van der Waals surface area contributed by atoms with Gasteiger partial charge in [0.1, 0.15) is 5.56 Å². The second kappa shape index (κ2) is 5.25. The zero-order valence-corrected chi connectivity index (χ0v) is 10.7. The Balaban J connectivity index is 2.12. The minimum absolute atomic E-state index is 0.00852. The quantitative estimate of drug-likeness (QED) is 0.805. The standard InChI is InChI=1S/C13H18N2O3/c1-3-18-13(17)11-8(2)14-7-10(11)15-12(16)9-5-4-6-9/h7,9,14H,3-6H2,1-2H3,(H,15,16). The largest absolute Gasteiger partial charge is 0.462 e. The summed E-state index contributed by atoms with van der Waals surface area (Å²) in [5, 5.41) is 2.80. The van der Waals surface area contributed by atoms with Gasteiger partial charge in [-0.25, -0.2) is 4.79 Å². The van der Waals surface area contributed by atoms with Crippen molar-refractivity contribution in [2.24, 2.45) is 5.92 Å². The monoisotopic (exact) mass is 250 g/mol. The van der Waals surface area contributed by atoms with E-state index in [4.69, 9.17) is 4.74 Å². The Bertz CT molecular complexity index is 461. The lowest BCUT2D eigenvalue weighted by Crippen LogP contribution is -2.28. The van der Waals surface area contributed by atoms with Crippen LogP contribution in [-0.4, -0.2) is 23.5 Å². The van der Waals surface area contributed by atoms with Crippen LogP contribution in [-0.2, 0) is 9.53 Å². The first kappa shape index (κ1) is 12.7. The highest BCUT2D eigenvalue weighted by Crippen LogP contribution is 2.29. The lowest BCUT2D eigenvalue weighted by Gasteiger charge is -2.23. The number of anilines is 1. The molecule has 2 N–H and O–H groups in total. The second-order valence-electron chi connectivity index (χ2n) is 4.54. The summed E-state index contributed by atoms with van der Waals surface area (Å²) >= 11 is 0. The van der Waals surface area contributed by atoms with E-state index in [-0.39, 0.29) is 11.8 Å². The molecule has 5 heteroatoms. The molecule has 2 rings (SSSR count). The molecule has 0 radical (unpaired) electrons. The maximum absolute atomic E-state index is 11.9. The third-order valence-corrected chi connectivity index (χ3v) is 3.29. The molecule has 1 aliphatic rings. The van der Waals surface area contributed by atoms with E-state index < -0.39 is 5.97 Å². The van der Waals surface area contributed by atoms with Crippen molar-refractivity contribution in [3.8, 4) is 0 Å². The van der Waals surface area contributed by atoms with Gasteiger partial charge in [0.2, 0.25) is 5.91 Å². The molecule has 0 saturated heterocycles. The average Bonchev–Trinajstić information content (AvgIpc) is 2.57. The van der Waals surface area contributed by atoms with Crippen molar-refractivity contribution in [3.63, 3.8) is 0 Å². The Hall–Kier alpha value is -1.78. The molecule has 5 nitrogen and oxygen atoms in total. The van der Waals surface area contributed by atoms with E-state index in [9.17, 15) is 9.59 Å². The molecule has 1 saturated carbocycles. The number of esters is 1. The summed E-state index contributed by atoms with van der Waals surface area (Å²) in [6, 6.07) is 0. The topological polar surface area (TPSA) is 71.2 Å². The normalized spacial score (nSPS) is 15.0. The van der Waals surface area contributed by atoms with Crippen LogP contribution in [0.1, 0.15) is 42.2 Å². The van der Waals surface area contributed by atoms with Crippen molar-refractivity contribution in [1.29, 1.82) is 0 Å². The van der Waals surface area contributed by atoms with Crippen molar-refractivity contribution >= 4 is 17.6 Å². The van der Waals surface area contributed by atoms with Gasteiger partial charge in [-0.2, -0.15) is 0 Å². The zero-order valence-electron chi connectivity index (χ0n) is 10.7. The van der Waals surface area contributed by atoms with Crippen LogP contribution >= 0.6 is 0 Å². The van der Waals surface area contributed by atoms with Crippen LogP contribution in [0.25, 0.3) is 0 Å². The molecule has 1 heterocycles. The van der Waals surface area contributed by atoms with Gasteiger partial charge in [0.05, 0.1) is 12.3 Å². The minimum atomic E-state index is -0.403. The zero-order chi connectivity index (χ0) is 13.1. The van der Waals surface area contributed by atoms with Crippen LogP contribution in [0.4, 0.5) is 5.69 Å². The summed E-state index contributed by atoms with van der Waals surface area (Å²) in [7, 11) is 0. The maximum atomic E-state index is 11.9. The second-order valence-corrected chi connectivity index (χ2v) is 4.54. The van der Waals surface area contributed by atoms with Gasteiger partial charge < -0.3 is 15.0 Å². The van der Waals surface area contributed by atoms with Gasteiger partial charge in [0, 0.05) is 17.8 Å². The molecule has 1 aliphatic carbocycles. The SMILES string of the molecule is CCOC(=O)c1c(NC(=O)C2CCC2)c[nH]c1C. The first-order valence-corrected chi connectivity index (χ1v) is 6.29. The molecule has 98 valence electrons. The number of hydrogen-bond donors (Lipinski definition) is 2. The number of aromatic amines is 1. The Kier molecular flexibility index (Phi) is 3.69. The minimum Gasteiger partial charge on any atom is -0.462 e. The molecule has 0 atom stereocenters. The van der Waals surface area contributed by atoms with Crippen molar-refractivity contribution in [2.75, 3.05) is 11.9 Å². The molecule has 0 aliphatic heterocycles. The summed E-state index contributed by atoms with van der Waals surface area (Å²) in [5.41, 5.74) is 1.64. The first-order valence-electron chi connectivity index (χ1n) is 6.29. The lowest BCUT2D eigenvalue weighted by atomic mass is 9.85. The van der Waals surface area contributed by atoms with Crippen molar-refractivity contribution in [1.82, 2.24) is 4.98 Å². The number of aryl methyl sites for hydroxylation is 1. The molecule has 18 heavy (non-hydrogen) atoms. The van der Waals surface area contributed by atoms with Crippen LogP contribution in [0.5, 0.6) is 0 Å². The molecule has 1 aromatic rings. The molecule has 0 aromatic carbocycles. The van der Waals surface area contributed by atoms with E-state index in [1.807, 2.05) is 0 Å². The predicted octanol–water partition coefficient (Wildman–Crippen LogP) is 2.24. The Labute approximate surface area is 106 Å². The van der Waals surface area contributed by atoms with Crippen molar-refractivity contribution in [2.45, 2.75) is 33.1 Å². The highest BCUT2D eigenvalue weighted by molar-refractivity contribution is 6.02. The summed E-state index contributed by atoms with van der Waals surface area (Å²) in [5.74, 6) is -0.318.